The zero-order chi connectivity index (χ0) is 9.40. The van der Waals surface area contributed by atoms with Crippen molar-refractivity contribution >= 4 is 5.91 Å². The number of aliphatic hydroxyl groups is 1. The van der Waals surface area contributed by atoms with Crippen molar-refractivity contribution in [1.29, 1.82) is 0 Å². The number of nitrogens with one attached hydrogen (secondary N) is 1. The number of unbranched alkanes of at least 4 members (excludes halogenated alkanes) is 1. The summed E-state index contributed by atoms with van der Waals surface area (Å²) in [5.74, 6) is 0.133. The van der Waals surface area contributed by atoms with Gasteiger partial charge in [0.1, 0.15) is 0 Å². The number of hydrogen-bond acceptors (Lipinski definition) is 2. The molecule has 0 aliphatic rings. The van der Waals surface area contributed by atoms with E-state index in [1.165, 1.54) is 0 Å². The molecule has 3 nitrogen and oxygen atoms in total. The van der Waals surface area contributed by atoms with E-state index in [0.29, 0.717) is 6.54 Å². The summed E-state index contributed by atoms with van der Waals surface area (Å²) in [7, 11) is 0. The van der Waals surface area contributed by atoms with Crippen molar-refractivity contribution in [1.82, 2.24) is 5.32 Å². The lowest BCUT2D eigenvalue weighted by Gasteiger charge is -2.10. The predicted molar refractivity (Wildman–Crippen MR) is 48.8 cm³/mol. The fraction of sp³-hybridized carbons (Fsp3) is 0.889. The molecule has 0 saturated carbocycles. The Kier molecular flexibility index (Phi) is 6.76. The van der Waals surface area contributed by atoms with Crippen LogP contribution in [0.2, 0.25) is 0 Å². The van der Waals surface area contributed by atoms with E-state index in [-0.39, 0.29) is 18.4 Å². The molecule has 1 atom stereocenters. The van der Waals surface area contributed by atoms with Gasteiger partial charge < -0.3 is 10.4 Å². The van der Waals surface area contributed by atoms with E-state index in [9.17, 15) is 4.79 Å². The first-order chi connectivity index (χ1) is 5.72. The average molecular weight is 173 g/mol. The normalized spacial score (nSPS) is 12.6. The van der Waals surface area contributed by atoms with E-state index < -0.39 is 0 Å². The molecule has 0 aromatic heterocycles. The van der Waals surface area contributed by atoms with Crippen LogP contribution in [0.3, 0.4) is 0 Å². The molecule has 0 aliphatic heterocycles. The molecule has 72 valence electrons. The van der Waals surface area contributed by atoms with E-state index in [2.05, 4.69) is 12.2 Å². The monoisotopic (exact) mass is 173 g/mol. The van der Waals surface area contributed by atoms with E-state index in [1.807, 2.05) is 6.92 Å². The molecule has 0 unspecified atom stereocenters. The highest BCUT2D eigenvalue weighted by Crippen LogP contribution is 2.06. The molecule has 2 N–H and O–H groups in total. The van der Waals surface area contributed by atoms with Gasteiger partial charge in [-0.25, -0.2) is 0 Å². The van der Waals surface area contributed by atoms with Crippen LogP contribution in [-0.4, -0.2) is 24.2 Å². The molecule has 0 aliphatic carbocycles. The van der Waals surface area contributed by atoms with Crippen LogP contribution in [0.4, 0.5) is 0 Å². The third-order valence-electron chi connectivity index (χ3n) is 1.85. The van der Waals surface area contributed by atoms with Crippen LogP contribution in [0.15, 0.2) is 0 Å². The second-order valence-electron chi connectivity index (χ2n) is 3.06. The fourth-order valence-corrected chi connectivity index (χ4v) is 0.995. The summed E-state index contributed by atoms with van der Waals surface area (Å²) in [6.45, 7) is 4.42. The summed E-state index contributed by atoms with van der Waals surface area (Å²) < 4.78 is 0. The van der Waals surface area contributed by atoms with Gasteiger partial charge >= 0.3 is 0 Å². The number of amides is 1. The zero-order valence-corrected chi connectivity index (χ0v) is 7.97. The first-order valence-electron chi connectivity index (χ1n) is 4.61. The Morgan fingerprint density at radius 1 is 1.58 bits per heavy atom. The summed E-state index contributed by atoms with van der Waals surface area (Å²) in [4.78, 5) is 11.2. The van der Waals surface area contributed by atoms with Crippen LogP contribution in [0.25, 0.3) is 0 Å². The smallest absolute Gasteiger partial charge is 0.222 e. The molecular weight excluding hydrogens is 154 g/mol. The maximum absolute atomic E-state index is 11.2. The highest BCUT2D eigenvalue weighted by molar-refractivity contribution is 5.78. The number of aliphatic hydroxyl groups excluding tert-OH is 1. The lowest BCUT2D eigenvalue weighted by atomic mass is 10.0. The molecule has 0 saturated heterocycles. The first kappa shape index (κ1) is 11.4. The molecule has 0 rings (SSSR count). The van der Waals surface area contributed by atoms with Gasteiger partial charge in [-0.15, -0.1) is 0 Å². The quantitative estimate of drug-likeness (QED) is 0.627. The van der Waals surface area contributed by atoms with Gasteiger partial charge in [0.05, 0.1) is 6.61 Å². The summed E-state index contributed by atoms with van der Waals surface area (Å²) in [5.41, 5.74) is 0. The molecule has 1 amide bonds. The van der Waals surface area contributed by atoms with Crippen molar-refractivity contribution in [2.24, 2.45) is 5.92 Å². The van der Waals surface area contributed by atoms with E-state index in [4.69, 9.17) is 5.11 Å². The Morgan fingerprint density at radius 3 is 2.75 bits per heavy atom. The topological polar surface area (TPSA) is 49.3 Å². The summed E-state index contributed by atoms with van der Waals surface area (Å²) >= 11 is 0. The van der Waals surface area contributed by atoms with Gasteiger partial charge in [-0.05, 0) is 6.42 Å². The molecule has 3 heteroatoms. The largest absolute Gasteiger partial charge is 0.395 e. The Labute approximate surface area is 74.2 Å². The summed E-state index contributed by atoms with van der Waals surface area (Å²) in [5, 5.41) is 11.1. The lowest BCUT2D eigenvalue weighted by Crippen LogP contribution is -2.31. The van der Waals surface area contributed by atoms with Gasteiger partial charge in [0.25, 0.3) is 0 Å². The Bertz CT molecular complexity index is 126. The first-order valence-corrected chi connectivity index (χ1v) is 4.61. The minimum Gasteiger partial charge on any atom is -0.395 e. The Hall–Kier alpha value is -0.570. The zero-order valence-electron chi connectivity index (χ0n) is 7.97. The standard InChI is InChI=1S/C9H19NO2/c1-3-4-5-8(2)9(12)10-6-7-11/h8,11H,3-7H2,1-2H3,(H,10,12)/t8-/m1/s1. The molecule has 0 heterocycles. The minimum absolute atomic E-state index is 0.0201. The van der Waals surface area contributed by atoms with Gasteiger partial charge in [-0.2, -0.15) is 0 Å². The summed E-state index contributed by atoms with van der Waals surface area (Å²) in [6.07, 6.45) is 3.15. The SMILES string of the molecule is CCCC[C@@H](C)C(=O)NCCO. The van der Waals surface area contributed by atoms with E-state index in [0.717, 1.165) is 19.3 Å². The third kappa shape index (κ3) is 5.13. The molecule has 12 heavy (non-hydrogen) atoms. The van der Waals surface area contributed by atoms with Crippen molar-refractivity contribution in [3.63, 3.8) is 0 Å². The van der Waals surface area contributed by atoms with Gasteiger partial charge in [-0.3, -0.25) is 4.79 Å². The highest BCUT2D eigenvalue weighted by atomic mass is 16.3. The number of rotatable bonds is 6. The molecule has 0 radical (unpaired) electrons. The van der Waals surface area contributed by atoms with Crippen molar-refractivity contribution in [3.8, 4) is 0 Å². The van der Waals surface area contributed by atoms with Gasteiger partial charge in [0.2, 0.25) is 5.91 Å². The predicted octanol–water partition coefficient (Wildman–Crippen LogP) is 0.921. The molecule has 0 aromatic carbocycles. The third-order valence-corrected chi connectivity index (χ3v) is 1.85. The van der Waals surface area contributed by atoms with Gasteiger partial charge in [0.15, 0.2) is 0 Å². The second kappa shape index (κ2) is 7.10. The lowest BCUT2D eigenvalue weighted by molar-refractivity contribution is -0.124. The van der Waals surface area contributed by atoms with Crippen molar-refractivity contribution in [2.75, 3.05) is 13.2 Å². The van der Waals surface area contributed by atoms with Crippen molar-refractivity contribution in [3.05, 3.63) is 0 Å². The number of carbonyl (C=O) groups is 1. The van der Waals surface area contributed by atoms with Crippen LogP contribution in [0, 0.1) is 5.92 Å². The highest BCUT2D eigenvalue weighted by Gasteiger charge is 2.10. The molecule has 0 fully saturated rings. The van der Waals surface area contributed by atoms with Gasteiger partial charge in [0, 0.05) is 12.5 Å². The van der Waals surface area contributed by atoms with Gasteiger partial charge in [-0.1, -0.05) is 26.7 Å². The maximum atomic E-state index is 11.2. The van der Waals surface area contributed by atoms with Crippen molar-refractivity contribution < 1.29 is 9.90 Å². The van der Waals surface area contributed by atoms with Crippen molar-refractivity contribution in [2.45, 2.75) is 33.1 Å². The van der Waals surface area contributed by atoms with E-state index in [1.54, 1.807) is 0 Å². The summed E-state index contributed by atoms with van der Waals surface area (Å²) in [6, 6.07) is 0. The minimum atomic E-state index is 0.0201. The van der Waals surface area contributed by atoms with Crippen LogP contribution in [-0.2, 0) is 4.79 Å². The van der Waals surface area contributed by atoms with Crippen LogP contribution >= 0.6 is 0 Å². The Balaban J connectivity index is 3.47. The average Bonchev–Trinajstić information content (AvgIpc) is 2.10. The van der Waals surface area contributed by atoms with Crippen LogP contribution in [0.5, 0.6) is 0 Å². The van der Waals surface area contributed by atoms with Crippen LogP contribution < -0.4 is 5.32 Å². The van der Waals surface area contributed by atoms with E-state index >= 15 is 0 Å². The second-order valence-corrected chi connectivity index (χ2v) is 3.06. The number of carbonyl (C=O) groups excluding carboxylic acids is 1. The number of hydrogen-bond donors (Lipinski definition) is 2. The molecule has 0 spiro atoms. The maximum Gasteiger partial charge on any atom is 0.222 e. The molecule has 0 bridgehead atoms. The molecule has 0 aromatic rings. The van der Waals surface area contributed by atoms with Crippen LogP contribution in [0.1, 0.15) is 33.1 Å². The molecular formula is C9H19NO2. The fourth-order valence-electron chi connectivity index (χ4n) is 0.995. The Morgan fingerprint density at radius 2 is 2.25 bits per heavy atom.